The first-order valence-corrected chi connectivity index (χ1v) is 9.92. The van der Waals surface area contributed by atoms with Crippen molar-refractivity contribution in [3.63, 3.8) is 0 Å². The van der Waals surface area contributed by atoms with Crippen LogP contribution >= 0.6 is 22.9 Å². The standard InChI is InChI=1S/C19H21ClN2O3S/c1-3-17(23)22(19-21-15(11-26-19)18(24)25-2)16-6-4-5-14(16)12-7-9-13(20)10-8-12/h7-11,14,16H,3-6H2,1-2H3. The van der Waals surface area contributed by atoms with E-state index in [-0.39, 0.29) is 23.6 Å². The Morgan fingerprint density at radius 1 is 1.31 bits per heavy atom. The van der Waals surface area contributed by atoms with Crippen molar-refractivity contribution >= 4 is 39.9 Å². The Kier molecular flexibility index (Phi) is 5.94. The van der Waals surface area contributed by atoms with Gasteiger partial charge in [-0.1, -0.05) is 37.1 Å². The van der Waals surface area contributed by atoms with Crippen molar-refractivity contribution < 1.29 is 14.3 Å². The van der Waals surface area contributed by atoms with E-state index in [4.69, 9.17) is 16.3 Å². The molecule has 1 saturated carbocycles. The highest BCUT2D eigenvalue weighted by molar-refractivity contribution is 7.14. The van der Waals surface area contributed by atoms with E-state index in [0.717, 1.165) is 19.3 Å². The molecule has 1 aromatic heterocycles. The van der Waals surface area contributed by atoms with Crippen LogP contribution in [0, 0.1) is 0 Å². The van der Waals surface area contributed by atoms with Crippen molar-refractivity contribution in [1.82, 2.24) is 4.98 Å². The number of carbonyl (C=O) groups is 2. The SMILES string of the molecule is CCC(=O)N(c1nc(C(=O)OC)cs1)C1CCCC1c1ccc(Cl)cc1. The third-order valence-electron chi connectivity index (χ3n) is 4.77. The van der Waals surface area contributed by atoms with Crippen molar-refractivity contribution in [1.29, 1.82) is 0 Å². The number of carbonyl (C=O) groups excluding carboxylic acids is 2. The molecule has 0 N–H and O–H groups in total. The Morgan fingerprint density at radius 3 is 2.69 bits per heavy atom. The summed E-state index contributed by atoms with van der Waals surface area (Å²) < 4.78 is 4.73. The first kappa shape index (κ1) is 18.9. The number of ether oxygens (including phenoxy) is 1. The largest absolute Gasteiger partial charge is 0.464 e. The van der Waals surface area contributed by atoms with Crippen LogP contribution in [0.5, 0.6) is 0 Å². The number of esters is 1. The summed E-state index contributed by atoms with van der Waals surface area (Å²) in [4.78, 5) is 30.6. The maximum Gasteiger partial charge on any atom is 0.357 e. The highest BCUT2D eigenvalue weighted by Crippen LogP contribution is 2.41. The third kappa shape index (κ3) is 3.76. The highest BCUT2D eigenvalue weighted by Gasteiger charge is 2.37. The normalized spacial score (nSPS) is 19.3. The second-order valence-corrected chi connectivity index (χ2v) is 7.55. The molecule has 1 heterocycles. The molecular formula is C19H21ClN2O3S. The van der Waals surface area contributed by atoms with Gasteiger partial charge in [-0.05, 0) is 30.5 Å². The van der Waals surface area contributed by atoms with Crippen LogP contribution < -0.4 is 4.90 Å². The first-order chi connectivity index (χ1) is 12.5. The zero-order valence-corrected chi connectivity index (χ0v) is 16.3. The number of rotatable bonds is 5. The molecule has 26 heavy (non-hydrogen) atoms. The molecule has 0 saturated heterocycles. The van der Waals surface area contributed by atoms with Crippen molar-refractivity contribution in [3.8, 4) is 0 Å². The van der Waals surface area contributed by atoms with Gasteiger partial charge < -0.3 is 4.74 Å². The van der Waals surface area contributed by atoms with Crippen LogP contribution in [-0.2, 0) is 9.53 Å². The van der Waals surface area contributed by atoms with Gasteiger partial charge in [-0.2, -0.15) is 0 Å². The second-order valence-electron chi connectivity index (χ2n) is 6.28. The van der Waals surface area contributed by atoms with E-state index in [1.165, 1.54) is 24.0 Å². The van der Waals surface area contributed by atoms with E-state index < -0.39 is 5.97 Å². The summed E-state index contributed by atoms with van der Waals surface area (Å²) in [5.41, 5.74) is 1.41. The van der Waals surface area contributed by atoms with E-state index >= 15 is 0 Å². The number of nitrogens with zero attached hydrogens (tertiary/aromatic N) is 2. The molecule has 1 fully saturated rings. The number of halogens is 1. The number of amides is 1. The third-order valence-corrected chi connectivity index (χ3v) is 5.86. The lowest BCUT2D eigenvalue weighted by Crippen LogP contribution is -2.41. The van der Waals surface area contributed by atoms with E-state index in [1.807, 2.05) is 31.2 Å². The van der Waals surface area contributed by atoms with Crippen LogP contribution in [0.4, 0.5) is 5.13 Å². The molecule has 2 unspecified atom stereocenters. The molecule has 2 aromatic rings. The summed E-state index contributed by atoms with van der Waals surface area (Å²) in [6, 6.07) is 7.86. The van der Waals surface area contributed by atoms with Crippen LogP contribution in [-0.4, -0.2) is 30.0 Å². The van der Waals surface area contributed by atoms with Crippen molar-refractivity contribution in [2.24, 2.45) is 0 Å². The Balaban J connectivity index is 1.94. The van der Waals surface area contributed by atoms with E-state index in [0.29, 0.717) is 16.6 Å². The van der Waals surface area contributed by atoms with Crippen LogP contribution in [0.2, 0.25) is 5.02 Å². The average Bonchev–Trinajstić information content (AvgIpc) is 3.32. The van der Waals surface area contributed by atoms with Gasteiger partial charge in [0.25, 0.3) is 0 Å². The predicted molar refractivity (Wildman–Crippen MR) is 103 cm³/mol. The maximum atomic E-state index is 12.7. The molecule has 1 aromatic carbocycles. The molecule has 1 aliphatic carbocycles. The Hall–Kier alpha value is -1.92. The van der Waals surface area contributed by atoms with Gasteiger partial charge in [-0.3, -0.25) is 9.69 Å². The number of aromatic nitrogens is 1. The van der Waals surface area contributed by atoms with Crippen molar-refractivity contribution in [2.45, 2.75) is 44.6 Å². The summed E-state index contributed by atoms with van der Waals surface area (Å²) in [6.45, 7) is 1.84. The fourth-order valence-electron chi connectivity index (χ4n) is 3.53. The Morgan fingerprint density at radius 2 is 2.04 bits per heavy atom. The fourth-order valence-corrected chi connectivity index (χ4v) is 4.52. The zero-order valence-electron chi connectivity index (χ0n) is 14.8. The van der Waals surface area contributed by atoms with Gasteiger partial charge in [0.15, 0.2) is 10.8 Å². The monoisotopic (exact) mass is 392 g/mol. The number of methoxy groups -OCH3 is 1. The fraction of sp³-hybridized carbons (Fsp3) is 0.421. The highest BCUT2D eigenvalue weighted by atomic mass is 35.5. The molecule has 7 heteroatoms. The molecule has 5 nitrogen and oxygen atoms in total. The lowest BCUT2D eigenvalue weighted by Gasteiger charge is -2.31. The summed E-state index contributed by atoms with van der Waals surface area (Å²) >= 11 is 7.32. The van der Waals surface area contributed by atoms with Crippen molar-refractivity contribution in [2.75, 3.05) is 12.0 Å². The smallest absolute Gasteiger partial charge is 0.357 e. The van der Waals surface area contributed by atoms with Gasteiger partial charge in [0.1, 0.15) is 0 Å². The Bertz CT molecular complexity index is 790. The molecule has 3 rings (SSSR count). The number of hydrogen-bond donors (Lipinski definition) is 0. The van der Waals surface area contributed by atoms with E-state index in [9.17, 15) is 9.59 Å². The Labute approximate surface area is 161 Å². The summed E-state index contributed by atoms with van der Waals surface area (Å²) in [7, 11) is 1.32. The van der Waals surface area contributed by atoms with E-state index in [1.54, 1.807) is 10.3 Å². The maximum absolute atomic E-state index is 12.7. The van der Waals surface area contributed by atoms with Crippen molar-refractivity contribution in [3.05, 3.63) is 45.9 Å². The van der Waals surface area contributed by atoms with Gasteiger partial charge in [0, 0.05) is 28.8 Å². The number of hydrogen-bond acceptors (Lipinski definition) is 5. The number of benzene rings is 1. The minimum atomic E-state index is -0.489. The zero-order chi connectivity index (χ0) is 18.7. The minimum absolute atomic E-state index is 0.0154. The topological polar surface area (TPSA) is 59.5 Å². The van der Waals surface area contributed by atoms with Crippen LogP contribution in [0.1, 0.15) is 54.6 Å². The molecule has 1 aliphatic rings. The molecule has 0 spiro atoms. The minimum Gasteiger partial charge on any atom is -0.464 e. The van der Waals surface area contributed by atoms with Gasteiger partial charge >= 0.3 is 5.97 Å². The second kappa shape index (κ2) is 8.18. The molecule has 138 valence electrons. The quantitative estimate of drug-likeness (QED) is 0.694. The summed E-state index contributed by atoms with van der Waals surface area (Å²) in [6.07, 6.45) is 3.35. The molecule has 0 bridgehead atoms. The lowest BCUT2D eigenvalue weighted by molar-refractivity contribution is -0.118. The lowest BCUT2D eigenvalue weighted by atomic mass is 9.93. The van der Waals surface area contributed by atoms with Gasteiger partial charge in [0.2, 0.25) is 5.91 Å². The summed E-state index contributed by atoms with van der Waals surface area (Å²) in [5.74, 6) is -0.244. The molecular weight excluding hydrogens is 372 g/mol. The van der Waals surface area contributed by atoms with Crippen LogP contribution in [0.3, 0.4) is 0 Å². The average molecular weight is 393 g/mol. The molecule has 0 radical (unpaired) electrons. The van der Waals surface area contributed by atoms with E-state index in [2.05, 4.69) is 4.98 Å². The van der Waals surface area contributed by atoms with Gasteiger partial charge in [-0.25, -0.2) is 9.78 Å². The van der Waals surface area contributed by atoms with Crippen LogP contribution in [0.25, 0.3) is 0 Å². The number of thiazole rings is 1. The number of anilines is 1. The molecule has 0 aliphatic heterocycles. The van der Waals surface area contributed by atoms with Gasteiger partial charge in [0.05, 0.1) is 7.11 Å². The molecule has 2 atom stereocenters. The van der Waals surface area contributed by atoms with Gasteiger partial charge in [-0.15, -0.1) is 11.3 Å². The summed E-state index contributed by atoms with van der Waals surface area (Å²) in [5, 5.41) is 2.90. The first-order valence-electron chi connectivity index (χ1n) is 8.66. The predicted octanol–water partition coefficient (Wildman–Crippen LogP) is 4.66. The van der Waals surface area contributed by atoms with Crippen LogP contribution in [0.15, 0.2) is 29.6 Å². The molecule has 1 amide bonds.